The highest BCUT2D eigenvalue weighted by molar-refractivity contribution is 5.52. The van der Waals surface area contributed by atoms with E-state index in [9.17, 15) is 8.78 Å². The smallest absolute Gasteiger partial charge is 0.235 e. The van der Waals surface area contributed by atoms with Crippen LogP contribution in [0.2, 0.25) is 0 Å². The number of ether oxygens (including phenoxy) is 1. The van der Waals surface area contributed by atoms with E-state index in [1.54, 1.807) is 6.92 Å². The Labute approximate surface area is 177 Å². The number of aromatic nitrogens is 6. The van der Waals surface area contributed by atoms with Gasteiger partial charge in [-0.05, 0) is 20.3 Å². The average molecular weight is 431 g/mol. The fraction of sp³-hybridized carbons (Fsp3) is 0.421. The molecule has 3 N–H and O–H groups in total. The monoisotopic (exact) mass is 431 g/mol. The standard InChI is InChI=1S/C19H23F2N9O/c1-11-8-15(29-28-11)24-18-25-17(23-12(2)16-14(21)9-13(20)10-22-16)26-19(27-18)30-4-3-6-31-7-5-30/h8-10,12H,3-7H2,1-2H3,(H3,23,24,25,26,27,28,29)/t12-/m0/s1. The highest BCUT2D eigenvalue weighted by atomic mass is 19.1. The lowest BCUT2D eigenvalue weighted by molar-refractivity contribution is 0.152. The summed E-state index contributed by atoms with van der Waals surface area (Å²) in [6, 6.07) is 2.00. The third kappa shape index (κ3) is 5.20. The van der Waals surface area contributed by atoms with Crippen LogP contribution in [0.3, 0.4) is 0 Å². The third-order valence-corrected chi connectivity index (χ3v) is 4.67. The molecule has 164 valence electrons. The van der Waals surface area contributed by atoms with E-state index in [1.807, 2.05) is 17.9 Å². The van der Waals surface area contributed by atoms with Crippen molar-refractivity contribution in [2.24, 2.45) is 0 Å². The van der Waals surface area contributed by atoms with Crippen LogP contribution >= 0.6 is 0 Å². The summed E-state index contributed by atoms with van der Waals surface area (Å²) in [7, 11) is 0. The summed E-state index contributed by atoms with van der Waals surface area (Å²) in [6.45, 7) is 6.18. The molecule has 1 fully saturated rings. The third-order valence-electron chi connectivity index (χ3n) is 4.67. The van der Waals surface area contributed by atoms with Crippen molar-refractivity contribution in [3.8, 4) is 0 Å². The summed E-state index contributed by atoms with van der Waals surface area (Å²) in [5, 5.41) is 13.1. The van der Waals surface area contributed by atoms with Crippen LogP contribution in [0.4, 0.5) is 32.4 Å². The van der Waals surface area contributed by atoms with Gasteiger partial charge in [0.05, 0.1) is 24.5 Å². The molecule has 0 amide bonds. The van der Waals surface area contributed by atoms with Crippen LogP contribution in [0.5, 0.6) is 0 Å². The first kappa shape index (κ1) is 20.8. The Morgan fingerprint density at radius 1 is 1.13 bits per heavy atom. The SMILES string of the molecule is Cc1cc(Nc2nc(N[C@@H](C)c3ncc(F)cc3F)nc(N3CCCOCC3)n2)n[nH]1. The highest BCUT2D eigenvalue weighted by Gasteiger charge is 2.19. The summed E-state index contributed by atoms with van der Waals surface area (Å²) in [5.41, 5.74) is 0.940. The first-order chi connectivity index (χ1) is 15.0. The average Bonchev–Trinajstić information content (AvgIpc) is 2.96. The molecule has 10 nitrogen and oxygen atoms in total. The Morgan fingerprint density at radius 2 is 1.97 bits per heavy atom. The topological polar surface area (TPSA) is 117 Å². The van der Waals surface area contributed by atoms with Gasteiger partial charge in [0.2, 0.25) is 17.8 Å². The van der Waals surface area contributed by atoms with Gasteiger partial charge in [0.1, 0.15) is 11.6 Å². The second-order valence-corrected chi connectivity index (χ2v) is 7.18. The van der Waals surface area contributed by atoms with E-state index in [4.69, 9.17) is 4.74 Å². The zero-order chi connectivity index (χ0) is 21.8. The van der Waals surface area contributed by atoms with Crippen molar-refractivity contribution in [2.45, 2.75) is 26.3 Å². The van der Waals surface area contributed by atoms with Crippen molar-refractivity contribution in [3.05, 3.63) is 41.4 Å². The first-order valence-electron chi connectivity index (χ1n) is 9.93. The summed E-state index contributed by atoms with van der Waals surface area (Å²) in [5.74, 6) is 0.0350. The first-order valence-corrected chi connectivity index (χ1v) is 9.93. The number of H-pyrrole nitrogens is 1. The lowest BCUT2D eigenvalue weighted by Crippen LogP contribution is -2.28. The van der Waals surface area contributed by atoms with Gasteiger partial charge < -0.3 is 20.3 Å². The normalized spacial score (nSPS) is 15.4. The van der Waals surface area contributed by atoms with Crippen LogP contribution in [-0.4, -0.2) is 56.4 Å². The van der Waals surface area contributed by atoms with Gasteiger partial charge in [0.15, 0.2) is 5.82 Å². The van der Waals surface area contributed by atoms with Crippen molar-refractivity contribution >= 4 is 23.7 Å². The molecule has 1 aliphatic heterocycles. The molecule has 12 heteroatoms. The molecule has 0 aromatic carbocycles. The lowest BCUT2D eigenvalue weighted by Gasteiger charge is -2.21. The van der Waals surface area contributed by atoms with Crippen molar-refractivity contribution < 1.29 is 13.5 Å². The molecule has 0 saturated carbocycles. The summed E-state index contributed by atoms with van der Waals surface area (Å²) in [6.07, 6.45) is 1.82. The number of nitrogens with zero attached hydrogens (tertiary/aromatic N) is 6. The molecule has 0 radical (unpaired) electrons. The number of halogens is 2. The van der Waals surface area contributed by atoms with Gasteiger partial charge in [-0.2, -0.15) is 20.1 Å². The Balaban J connectivity index is 1.62. The molecule has 4 rings (SSSR count). The second kappa shape index (κ2) is 9.16. The van der Waals surface area contributed by atoms with E-state index in [1.165, 1.54) is 0 Å². The fourth-order valence-electron chi connectivity index (χ4n) is 3.18. The van der Waals surface area contributed by atoms with Crippen LogP contribution in [0.1, 0.15) is 30.8 Å². The summed E-state index contributed by atoms with van der Waals surface area (Å²) in [4.78, 5) is 19.3. The number of nitrogens with one attached hydrogen (secondary N) is 3. The quantitative estimate of drug-likeness (QED) is 0.541. The number of aromatic amines is 1. The van der Waals surface area contributed by atoms with E-state index in [0.717, 1.165) is 30.9 Å². The van der Waals surface area contributed by atoms with E-state index >= 15 is 0 Å². The van der Waals surface area contributed by atoms with Gasteiger partial charge in [0, 0.05) is 37.5 Å². The van der Waals surface area contributed by atoms with Crippen LogP contribution in [0, 0.1) is 18.6 Å². The Bertz CT molecular complexity index is 1040. The Hall–Kier alpha value is -3.41. The largest absolute Gasteiger partial charge is 0.380 e. The zero-order valence-corrected chi connectivity index (χ0v) is 17.2. The molecule has 1 saturated heterocycles. The van der Waals surface area contributed by atoms with E-state index in [2.05, 4.69) is 40.8 Å². The van der Waals surface area contributed by atoms with E-state index in [0.29, 0.717) is 31.5 Å². The van der Waals surface area contributed by atoms with E-state index < -0.39 is 17.7 Å². The van der Waals surface area contributed by atoms with Gasteiger partial charge >= 0.3 is 0 Å². The Kier molecular flexibility index (Phi) is 6.16. The number of pyridine rings is 1. The number of anilines is 4. The van der Waals surface area contributed by atoms with Gasteiger partial charge in [0.25, 0.3) is 0 Å². The van der Waals surface area contributed by atoms with Gasteiger partial charge in [-0.25, -0.2) is 8.78 Å². The van der Waals surface area contributed by atoms with Gasteiger partial charge in [-0.15, -0.1) is 0 Å². The molecular formula is C19H23F2N9O. The summed E-state index contributed by atoms with van der Waals surface area (Å²) >= 11 is 0. The predicted octanol–water partition coefficient (Wildman–Crippen LogP) is 2.72. The molecule has 0 aliphatic carbocycles. The molecule has 1 atom stereocenters. The summed E-state index contributed by atoms with van der Waals surface area (Å²) < 4.78 is 32.9. The molecule has 0 spiro atoms. The van der Waals surface area contributed by atoms with Crippen LogP contribution in [0.25, 0.3) is 0 Å². The van der Waals surface area contributed by atoms with E-state index in [-0.39, 0.29) is 17.6 Å². The Morgan fingerprint density at radius 3 is 2.74 bits per heavy atom. The van der Waals surface area contributed by atoms with Crippen molar-refractivity contribution in [3.63, 3.8) is 0 Å². The minimum absolute atomic E-state index is 0.0592. The molecule has 3 aromatic rings. The second-order valence-electron chi connectivity index (χ2n) is 7.18. The minimum atomic E-state index is -0.746. The number of rotatable bonds is 6. The number of aryl methyl sites for hydroxylation is 1. The van der Waals surface area contributed by atoms with Gasteiger partial charge in [-0.1, -0.05) is 0 Å². The molecule has 31 heavy (non-hydrogen) atoms. The lowest BCUT2D eigenvalue weighted by atomic mass is 10.2. The maximum absolute atomic E-state index is 14.1. The highest BCUT2D eigenvalue weighted by Crippen LogP contribution is 2.22. The molecule has 0 unspecified atom stereocenters. The maximum atomic E-state index is 14.1. The van der Waals surface area contributed by atoms with Crippen LogP contribution in [0.15, 0.2) is 18.3 Å². The minimum Gasteiger partial charge on any atom is -0.380 e. The zero-order valence-electron chi connectivity index (χ0n) is 17.2. The van der Waals surface area contributed by atoms with Crippen LogP contribution < -0.4 is 15.5 Å². The fourth-order valence-corrected chi connectivity index (χ4v) is 3.18. The van der Waals surface area contributed by atoms with Crippen LogP contribution in [-0.2, 0) is 4.74 Å². The predicted molar refractivity (Wildman–Crippen MR) is 110 cm³/mol. The van der Waals surface area contributed by atoms with Crippen molar-refractivity contribution in [1.29, 1.82) is 0 Å². The molecule has 1 aliphatic rings. The van der Waals surface area contributed by atoms with Crippen molar-refractivity contribution in [1.82, 2.24) is 30.1 Å². The molecule has 0 bridgehead atoms. The maximum Gasteiger partial charge on any atom is 0.235 e. The molecule has 3 aromatic heterocycles. The molecular weight excluding hydrogens is 408 g/mol. The number of hydrogen-bond donors (Lipinski definition) is 3. The van der Waals surface area contributed by atoms with Crippen molar-refractivity contribution in [2.75, 3.05) is 41.8 Å². The number of hydrogen-bond acceptors (Lipinski definition) is 9. The van der Waals surface area contributed by atoms with Gasteiger partial charge in [-0.3, -0.25) is 10.1 Å². The molecule has 4 heterocycles.